The van der Waals surface area contributed by atoms with Gasteiger partial charge in [0, 0.05) is 16.8 Å². The summed E-state index contributed by atoms with van der Waals surface area (Å²) in [6.07, 6.45) is 0. The predicted molar refractivity (Wildman–Crippen MR) is 97.5 cm³/mol. The van der Waals surface area contributed by atoms with Crippen molar-refractivity contribution in [2.24, 2.45) is 0 Å². The number of amides is 1. The number of carbonyl (C=O) groups excluding carboxylic acids is 1. The third-order valence-electron chi connectivity index (χ3n) is 3.44. The maximum Gasteiger partial charge on any atom is 0.255 e. The Morgan fingerprint density at radius 3 is 2.52 bits per heavy atom. The second-order valence-electron chi connectivity index (χ2n) is 5.25. The van der Waals surface area contributed by atoms with Gasteiger partial charge in [-0.3, -0.25) is 9.89 Å². The van der Waals surface area contributed by atoms with Crippen LogP contribution in [0.4, 0.5) is 5.69 Å². The number of rotatable bonds is 4. The van der Waals surface area contributed by atoms with E-state index >= 15 is 0 Å². The molecule has 0 bridgehead atoms. The first-order valence-electron chi connectivity index (χ1n) is 7.31. The quantitative estimate of drug-likeness (QED) is 0.709. The largest absolute Gasteiger partial charge is 0.494 e. The summed E-state index contributed by atoms with van der Waals surface area (Å²) in [4.78, 5) is 16.7. The van der Waals surface area contributed by atoms with Crippen molar-refractivity contribution in [2.75, 3.05) is 12.4 Å². The molecule has 128 valence electrons. The smallest absolute Gasteiger partial charge is 0.255 e. The predicted octanol–water partition coefficient (Wildman–Crippen LogP) is 4.35. The Hall–Kier alpha value is -2.57. The molecule has 25 heavy (non-hydrogen) atoms. The number of aromatic nitrogens is 3. The van der Waals surface area contributed by atoms with Crippen molar-refractivity contribution < 1.29 is 9.53 Å². The van der Waals surface area contributed by atoms with Crippen molar-refractivity contribution in [1.29, 1.82) is 0 Å². The van der Waals surface area contributed by atoms with Gasteiger partial charge in [-0.2, -0.15) is 5.10 Å². The number of halogens is 2. The van der Waals surface area contributed by atoms with Gasteiger partial charge in [-0.1, -0.05) is 35.3 Å². The number of anilines is 1. The van der Waals surface area contributed by atoms with Gasteiger partial charge in [0.15, 0.2) is 11.6 Å². The van der Waals surface area contributed by atoms with E-state index in [2.05, 4.69) is 20.5 Å². The maximum atomic E-state index is 12.5. The summed E-state index contributed by atoms with van der Waals surface area (Å²) in [6.45, 7) is 1.82. The van der Waals surface area contributed by atoms with Crippen molar-refractivity contribution in [2.45, 2.75) is 6.92 Å². The molecule has 0 atom stereocenters. The number of ether oxygens (including phenoxy) is 1. The van der Waals surface area contributed by atoms with Crippen molar-refractivity contribution in [1.82, 2.24) is 15.2 Å². The Kier molecular flexibility index (Phi) is 4.92. The van der Waals surface area contributed by atoms with E-state index in [1.165, 1.54) is 19.2 Å². The molecule has 0 radical (unpaired) electrons. The lowest BCUT2D eigenvalue weighted by molar-refractivity contribution is 0.102. The second kappa shape index (κ2) is 7.13. The Balaban J connectivity index is 1.84. The van der Waals surface area contributed by atoms with Gasteiger partial charge in [0.1, 0.15) is 5.82 Å². The molecular formula is C17H14Cl2N4O2. The lowest BCUT2D eigenvalue weighted by Gasteiger charge is -2.10. The molecule has 2 aromatic carbocycles. The van der Waals surface area contributed by atoms with Gasteiger partial charge in [0.05, 0.1) is 17.2 Å². The highest BCUT2D eigenvalue weighted by atomic mass is 35.5. The van der Waals surface area contributed by atoms with E-state index < -0.39 is 0 Å². The summed E-state index contributed by atoms with van der Waals surface area (Å²) in [5, 5.41) is 10.2. The summed E-state index contributed by atoms with van der Waals surface area (Å²) < 4.78 is 5.08. The van der Waals surface area contributed by atoms with Crippen molar-refractivity contribution in [3.05, 3.63) is 57.8 Å². The van der Waals surface area contributed by atoms with Crippen molar-refractivity contribution in [3.63, 3.8) is 0 Å². The molecule has 6 nitrogen and oxygen atoms in total. The lowest BCUT2D eigenvalue weighted by Crippen LogP contribution is -2.12. The molecule has 0 saturated carbocycles. The fourth-order valence-electron chi connectivity index (χ4n) is 2.30. The number of methoxy groups -OCH3 is 1. The molecule has 1 aromatic heterocycles. The van der Waals surface area contributed by atoms with E-state index in [-0.39, 0.29) is 16.0 Å². The van der Waals surface area contributed by atoms with E-state index in [1.807, 2.05) is 19.1 Å². The first-order valence-corrected chi connectivity index (χ1v) is 8.07. The van der Waals surface area contributed by atoms with Gasteiger partial charge >= 0.3 is 0 Å². The number of benzene rings is 2. The van der Waals surface area contributed by atoms with Crippen LogP contribution in [0.25, 0.3) is 11.4 Å². The fraction of sp³-hybridized carbons (Fsp3) is 0.118. The monoisotopic (exact) mass is 376 g/mol. The van der Waals surface area contributed by atoms with Gasteiger partial charge in [-0.25, -0.2) is 4.98 Å². The molecule has 3 aromatic rings. The van der Waals surface area contributed by atoms with Crippen LogP contribution in [0.5, 0.6) is 5.75 Å². The van der Waals surface area contributed by atoms with Gasteiger partial charge in [0.25, 0.3) is 5.91 Å². The highest BCUT2D eigenvalue weighted by Crippen LogP contribution is 2.34. The van der Waals surface area contributed by atoms with Crippen LogP contribution >= 0.6 is 23.2 Å². The Morgan fingerprint density at radius 1 is 1.20 bits per heavy atom. The lowest BCUT2D eigenvalue weighted by atomic mass is 10.1. The average Bonchev–Trinajstić information content (AvgIpc) is 3.01. The summed E-state index contributed by atoms with van der Waals surface area (Å²) in [5.74, 6) is 1.27. The standard InChI is InChI=1S/C17H14Cl2N4O2/c1-9-20-16(23-22-9)10-4-3-5-12(6-10)21-17(24)11-7-13(18)15(25-2)14(19)8-11/h3-8H,1-2H3,(H,21,24)(H,20,22,23). The second-order valence-corrected chi connectivity index (χ2v) is 6.07. The van der Waals surface area contributed by atoms with Crippen LogP contribution in [-0.4, -0.2) is 28.2 Å². The van der Waals surface area contributed by atoms with Crippen LogP contribution < -0.4 is 10.1 Å². The average molecular weight is 377 g/mol. The molecule has 3 rings (SSSR count). The Labute approximate surface area is 154 Å². The van der Waals surface area contributed by atoms with E-state index in [9.17, 15) is 4.79 Å². The highest BCUT2D eigenvalue weighted by molar-refractivity contribution is 6.37. The molecule has 8 heteroatoms. The number of hydrogen-bond acceptors (Lipinski definition) is 4. The van der Waals surface area contributed by atoms with Gasteiger partial charge in [0.2, 0.25) is 0 Å². The topological polar surface area (TPSA) is 79.9 Å². The SMILES string of the molecule is COc1c(Cl)cc(C(=O)Nc2cccc(-c3n[nH]c(C)n3)c2)cc1Cl. The minimum absolute atomic E-state index is 0.269. The van der Waals surface area contributed by atoms with Crippen molar-refractivity contribution >= 4 is 34.8 Å². The number of carbonyl (C=O) groups is 1. The van der Waals surface area contributed by atoms with Gasteiger partial charge < -0.3 is 10.1 Å². The summed E-state index contributed by atoms with van der Waals surface area (Å²) >= 11 is 12.2. The molecule has 0 aliphatic rings. The summed E-state index contributed by atoms with van der Waals surface area (Å²) in [7, 11) is 1.46. The normalized spacial score (nSPS) is 10.6. The number of nitrogens with zero attached hydrogens (tertiary/aromatic N) is 2. The van der Waals surface area contributed by atoms with Crippen LogP contribution in [0.2, 0.25) is 10.0 Å². The first-order chi connectivity index (χ1) is 12.0. The minimum Gasteiger partial charge on any atom is -0.494 e. The molecule has 0 fully saturated rings. The van der Waals surface area contributed by atoms with E-state index in [1.54, 1.807) is 12.1 Å². The van der Waals surface area contributed by atoms with Crippen LogP contribution in [0.3, 0.4) is 0 Å². The van der Waals surface area contributed by atoms with Crippen LogP contribution in [-0.2, 0) is 0 Å². The summed E-state index contributed by atoms with van der Waals surface area (Å²) in [5.41, 5.74) is 1.72. The number of nitrogens with one attached hydrogen (secondary N) is 2. The van der Waals surface area contributed by atoms with E-state index in [0.717, 1.165) is 5.56 Å². The van der Waals surface area contributed by atoms with Crippen molar-refractivity contribution in [3.8, 4) is 17.1 Å². The third-order valence-corrected chi connectivity index (χ3v) is 4.00. The highest BCUT2D eigenvalue weighted by Gasteiger charge is 2.14. The zero-order valence-electron chi connectivity index (χ0n) is 13.4. The number of aromatic amines is 1. The molecule has 0 aliphatic carbocycles. The summed E-state index contributed by atoms with van der Waals surface area (Å²) in [6, 6.07) is 10.2. The molecule has 1 amide bonds. The van der Waals surface area contributed by atoms with Gasteiger partial charge in [-0.05, 0) is 31.2 Å². The molecule has 0 spiro atoms. The first kappa shape index (κ1) is 17.3. The number of aryl methyl sites for hydroxylation is 1. The zero-order chi connectivity index (χ0) is 18.0. The molecule has 0 saturated heterocycles. The third kappa shape index (κ3) is 3.75. The number of hydrogen-bond donors (Lipinski definition) is 2. The Morgan fingerprint density at radius 2 is 1.92 bits per heavy atom. The number of H-pyrrole nitrogens is 1. The maximum absolute atomic E-state index is 12.5. The molecule has 0 unspecified atom stereocenters. The van der Waals surface area contributed by atoms with Crippen LogP contribution in [0.1, 0.15) is 16.2 Å². The molecular weight excluding hydrogens is 363 g/mol. The molecule has 2 N–H and O–H groups in total. The minimum atomic E-state index is -0.338. The Bertz CT molecular complexity index is 917. The zero-order valence-corrected chi connectivity index (χ0v) is 14.9. The van der Waals surface area contributed by atoms with E-state index in [0.29, 0.717) is 28.6 Å². The molecule has 0 aliphatic heterocycles. The van der Waals surface area contributed by atoms with Crippen LogP contribution in [0.15, 0.2) is 36.4 Å². The van der Waals surface area contributed by atoms with E-state index in [4.69, 9.17) is 27.9 Å². The van der Waals surface area contributed by atoms with Crippen LogP contribution in [0, 0.1) is 6.92 Å². The fourth-order valence-corrected chi connectivity index (χ4v) is 2.94. The van der Waals surface area contributed by atoms with Gasteiger partial charge in [-0.15, -0.1) is 0 Å². The molecule has 1 heterocycles.